The summed E-state index contributed by atoms with van der Waals surface area (Å²) < 4.78 is 5.66. The Kier molecular flexibility index (Phi) is 4.02. The fraction of sp³-hybridized carbons (Fsp3) is 1.00. The summed E-state index contributed by atoms with van der Waals surface area (Å²) in [5, 5.41) is 8.76. The van der Waals surface area contributed by atoms with E-state index in [2.05, 4.69) is 13.8 Å². The van der Waals surface area contributed by atoms with Gasteiger partial charge in [0.1, 0.15) is 0 Å². The fourth-order valence-corrected chi connectivity index (χ4v) is 1.79. The Bertz CT molecular complexity index is 125. The molecule has 12 heavy (non-hydrogen) atoms. The van der Waals surface area contributed by atoms with Crippen LogP contribution >= 0.6 is 0 Å². The predicted octanol–water partition coefficient (Wildman–Crippen LogP) is 1.82. The first-order valence-corrected chi connectivity index (χ1v) is 5.00. The Balaban J connectivity index is 2.25. The van der Waals surface area contributed by atoms with Crippen LogP contribution in [0, 0.1) is 11.8 Å². The zero-order chi connectivity index (χ0) is 8.97. The van der Waals surface area contributed by atoms with Crippen molar-refractivity contribution in [2.24, 2.45) is 11.8 Å². The summed E-state index contributed by atoms with van der Waals surface area (Å²) in [6, 6.07) is 0. The zero-order valence-electron chi connectivity index (χ0n) is 8.12. The Labute approximate surface area is 74.9 Å². The molecule has 1 aliphatic heterocycles. The van der Waals surface area contributed by atoms with E-state index in [1.807, 2.05) is 0 Å². The molecule has 0 aromatic heterocycles. The number of hydrogen-bond acceptors (Lipinski definition) is 2. The molecule has 1 rings (SSSR count). The van der Waals surface area contributed by atoms with Crippen molar-refractivity contribution in [3.63, 3.8) is 0 Å². The molecule has 1 heterocycles. The molecule has 0 amide bonds. The minimum absolute atomic E-state index is 0.290. The normalized spacial score (nSPS) is 32.2. The van der Waals surface area contributed by atoms with Gasteiger partial charge in [-0.3, -0.25) is 0 Å². The van der Waals surface area contributed by atoms with Gasteiger partial charge in [-0.2, -0.15) is 0 Å². The molecular formula is C10H20O2. The average molecular weight is 172 g/mol. The summed E-state index contributed by atoms with van der Waals surface area (Å²) in [5.41, 5.74) is 0. The Morgan fingerprint density at radius 2 is 2.33 bits per heavy atom. The van der Waals surface area contributed by atoms with Crippen molar-refractivity contribution in [3.05, 3.63) is 0 Å². The maximum absolute atomic E-state index is 8.76. The molecule has 2 heteroatoms. The standard InChI is InChI=1S/C10H20O2/c1-3-9-6-10(12-7-9)8(2)4-5-11/h8-11H,3-7H2,1-2H3. The molecular weight excluding hydrogens is 152 g/mol. The summed E-state index contributed by atoms with van der Waals surface area (Å²) in [4.78, 5) is 0. The molecule has 1 fully saturated rings. The van der Waals surface area contributed by atoms with E-state index in [9.17, 15) is 0 Å². The smallest absolute Gasteiger partial charge is 0.0605 e. The average Bonchev–Trinajstić information content (AvgIpc) is 2.52. The molecule has 1 N–H and O–H groups in total. The van der Waals surface area contributed by atoms with Crippen molar-refractivity contribution < 1.29 is 9.84 Å². The molecule has 3 atom stereocenters. The first-order valence-electron chi connectivity index (χ1n) is 5.00. The molecule has 0 saturated carbocycles. The van der Waals surface area contributed by atoms with Crippen LogP contribution in [0.1, 0.15) is 33.1 Å². The van der Waals surface area contributed by atoms with Crippen molar-refractivity contribution >= 4 is 0 Å². The van der Waals surface area contributed by atoms with Gasteiger partial charge in [0.2, 0.25) is 0 Å². The Morgan fingerprint density at radius 3 is 2.83 bits per heavy atom. The van der Waals surface area contributed by atoms with Gasteiger partial charge in [0, 0.05) is 13.2 Å². The zero-order valence-corrected chi connectivity index (χ0v) is 8.12. The van der Waals surface area contributed by atoms with Crippen LogP contribution in [0.15, 0.2) is 0 Å². The van der Waals surface area contributed by atoms with Crippen molar-refractivity contribution in [2.75, 3.05) is 13.2 Å². The van der Waals surface area contributed by atoms with Gasteiger partial charge in [-0.25, -0.2) is 0 Å². The predicted molar refractivity (Wildman–Crippen MR) is 49.0 cm³/mol. The second-order valence-electron chi connectivity index (χ2n) is 3.87. The third kappa shape index (κ3) is 2.46. The van der Waals surface area contributed by atoms with Crippen LogP contribution in [0.5, 0.6) is 0 Å². The summed E-state index contributed by atoms with van der Waals surface area (Å²) in [6.45, 7) is 5.60. The third-order valence-corrected chi connectivity index (χ3v) is 2.91. The molecule has 0 aromatic rings. The highest BCUT2D eigenvalue weighted by atomic mass is 16.5. The highest BCUT2D eigenvalue weighted by molar-refractivity contribution is 4.76. The SMILES string of the molecule is CCC1COC(C(C)CCO)C1. The largest absolute Gasteiger partial charge is 0.396 e. The summed E-state index contributed by atoms with van der Waals surface area (Å²) in [5.74, 6) is 1.28. The molecule has 0 bridgehead atoms. The second-order valence-corrected chi connectivity index (χ2v) is 3.87. The lowest BCUT2D eigenvalue weighted by molar-refractivity contribution is 0.0570. The second kappa shape index (κ2) is 4.83. The van der Waals surface area contributed by atoms with Crippen molar-refractivity contribution in [1.29, 1.82) is 0 Å². The third-order valence-electron chi connectivity index (χ3n) is 2.91. The number of aliphatic hydroxyl groups excluding tert-OH is 1. The summed E-state index contributed by atoms with van der Waals surface area (Å²) >= 11 is 0. The van der Waals surface area contributed by atoms with Crippen molar-refractivity contribution in [2.45, 2.75) is 39.2 Å². The lowest BCUT2D eigenvalue weighted by atomic mass is 9.94. The van der Waals surface area contributed by atoms with E-state index in [0.717, 1.165) is 18.9 Å². The fourth-order valence-electron chi connectivity index (χ4n) is 1.79. The van der Waals surface area contributed by atoms with E-state index in [1.54, 1.807) is 0 Å². The molecule has 0 aliphatic carbocycles. The number of rotatable bonds is 4. The van der Waals surface area contributed by atoms with E-state index in [1.165, 1.54) is 12.8 Å². The molecule has 3 unspecified atom stereocenters. The first-order chi connectivity index (χ1) is 5.77. The van der Waals surface area contributed by atoms with E-state index in [4.69, 9.17) is 9.84 Å². The van der Waals surface area contributed by atoms with Gasteiger partial charge in [-0.05, 0) is 24.7 Å². The van der Waals surface area contributed by atoms with E-state index >= 15 is 0 Å². The van der Waals surface area contributed by atoms with Crippen LogP contribution < -0.4 is 0 Å². The van der Waals surface area contributed by atoms with Gasteiger partial charge in [0.05, 0.1) is 6.10 Å². The van der Waals surface area contributed by atoms with Crippen LogP contribution in [0.3, 0.4) is 0 Å². The van der Waals surface area contributed by atoms with Crippen LogP contribution in [0.4, 0.5) is 0 Å². The quantitative estimate of drug-likeness (QED) is 0.701. The molecule has 2 nitrogen and oxygen atoms in total. The Hall–Kier alpha value is -0.0800. The van der Waals surface area contributed by atoms with Gasteiger partial charge in [-0.1, -0.05) is 20.3 Å². The van der Waals surface area contributed by atoms with Crippen LogP contribution in [0.25, 0.3) is 0 Å². The molecule has 0 spiro atoms. The molecule has 0 aromatic carbocycles. The number of aliphatic hydroxyl groups is 1. The van der Waals surface area contributed by atoms with Crippen molar-refractivity contribution in [3.8, 4) is 0 Å². The monoisotopic (exact) mass is 172 g/mol. The number of ether oxygens (including phenoxy) is 1. The lowest BCUT2D eigenvalue weighted by Crippen LogP contribution is -2.17. The molecule has 0 radical (unpaired) electrons. The minimum Gasteiger partial charge on any atom is -0.396 e. The maximum Gasteiger partial charge on any atom is 0.0605 e. The minimum atomic E-state index is 0.290. The van der Waals surface area contributed by atoms with Crippen LogP contribution in [-0.2, 0) is 4.74 Å². The summed E-state index contributed by atoms with van der Waals surface area (Å²) in [7, 11) is 0. The van der Waals surface area contributed by atoms with Gasteiger partial charge in [0.15, 0.2) is 0 Å². The Morgan fingerprint density at radius 1 is 1.58 bits per heavy atom. The van der Waals surface area contributed by atoms with Gasteiger partial charge < -0.3 is 9.84 Å². The van der Waals surface area contributed by atoms with Crippen LogP contribution in [-0.4, -0.2) is 24.4 Å². The van der Waals surface area contributed by atoms with Gasteiger partial charge in [-0.15, -0.1) is 0 Å². The maximum atomic E-state index is 8.76. The topological polar surface area (TPSA) is 29.5 Å². The van der Waals surface area contributed by atoms with Crippen LogP contribution in [0.2, 0.25) is 0 Å². The summed E-state index contributed by atoms with van der Waals surface area (Å²) in [6.07, 6.45) is 3.70. The molecule has 72 valence electrons. The van der Waals surface area contributed by atoms with E-state index in [-0.39, 0.29) is 6.61 Å². The number of hydrogen-bond donors (Lipinski definition) is 1. The van der Waals surface area contributed by atoms with E-state index < -0.39 is 0 Å². The highest BCUT2D eigenvalue weighted by Gasteiger charge is 2.27. The molecule has 1 saturated heterocycles. The van der Waals surface area contributed by atoms with Gasteiger partial charge in [0.25, 0.3) is 0 Å². The van der Waals surface area contributed by atoms with Crippen molar-refractivity contribution in [1.82, 2.24) is 0 Å². The lowest BCUT2D eigenvalue weighted by Gasteiger charge is -2.16. The first kappa shape index (κ1) is 10.0. The molecule has 1 aliphatic rings. The van der Waals surface area contributed by atoms with Gasteiger partial charge >= 0.3 is 0 Å². The highest BCUT2D eigenvalue weighted by Crippen LogP contribution is 2.28. The van der Waals surface area contributed by atoms with E-state index in [0.29, 0.717) is 12.0 Å².